The van der Waals surface area contributed by atoms with Gasteiger partial charge in [0, 0.05) is 12.1 Å². The van der Waals surface area contributed by atoms with Crippen molar-refractivity contribution in [3.8, 4) is 18.1 Å². The molecule has 0 heterocycles. The zero-order valence-corrected chi connectivity index (χ0v) is 10.3. The van der Waals surface area contributed by atoms with Gasteiger partial charge >= 0.3 is 0 Å². The predicted octanol–water partition coefficient (Wildman–Crippen LogP) is 2.44. The monoisotopic (exact) mass is 229 g/mol. The third kappa shape index (κ3) is 3.51. The van der Waals surface area contributed by atoms with Crippen LogP contribution in [-0.4, -0.2) is 13.2 Å². The summed E-state index contributed by atoms with van der Waals surface area (Å²) in [5.74, 6) is 5.15. The fraction of sp³-hybridized carbons (Fsp3) is 0.467. The summed E-state index contributed by atoms with van der Waals surface area (Å²) in [4.78, 5) is 0. The minimum absolute atomic E-state index is 0.330. The van der Waals surface area contributed by atoms with Crippen LogP contribution in [0.4, 0.5) is 0 Å². The molecule has 2 atom stereocenters. The Morgan fingerprint density at radius 2 is 2.24 bits per heavy atom. The van der Waals surface area contributed by atoms with Crippen LogP contribution in [0.25, 0.3) is 0 Å². The van der Waals surface area contributed by atoms with Gasteiger partial charge in [0.05, 0.1) is 0 Å². The maximum absolute atomic E-state index is 5.50. The van der Waals surface area contributed by atoms with Gasteiger partial charge in [-0.3, -0.25) is 0 Å². The molecule has 0 saturated heterocycles. The molecule has 0 aliphatic heterocycles. The molecule has 1 fully saturated rings. The quantitative estimate of drug-likeness (QED) is 0.757. The summed E-state index contributed by atoms with van der Waals surface area (Å²) >= 11 is 0. The third-order valence-corrected chi connectivity index (χ3v) is 3.28. The Hall–Kier alpha value is -1.46. The average molecular weight is 229 g/mol. The number of ether oxygens (including phenoxy) is 1. The minimum Gasteiger partial charge on any atom is -0.481 e. The van der Waals surface area contributed by atoms with Crippen molar-refractivity contribution in [2.75, 3.05) is 13.2 Å². The predicted molar refractivity (Wildman–Crippen MR) is 69.7 cm³/mol. The van der Waals surface area contributed by atoms with Gasteiger partial charge in [-0.25, -0.2) is 0 Å². The van der Waals surface area contributed by atoms with Gasteiger partial charge in [-0.15, -0.1) is 6.42 Å². The summed E-state index contributed by atoms with van der Waals surface area (Å²) in [6.45, 7) is 4.58. The zero-order chi connectivity index (χ0) is 12.1. The van der Waals surface area contributed by atoms with E-state index >= 15 is 0 Å². The molecule has 1 aliphatic carbocycles. The van der Waals surface area contributed by atoms with E-state index in [0.29, 0.717) is 6.61 Å². The Bertz CT molecular complexity index is 408. The lowest BCUT2D eigenvalue weighted by molar-refractivity contribution is 0.364. The lowest BCUT2D eigenvalue weighted by Gasteiger charge is -2.10. The molecule has 0 aromatic heterocycles. The number of nitrogens with one attached hydrogen (secondary N) is 1. The summed E-state index contributed by atoms with van der Waals surface area (Å²) in [7, 11) is 0. The van der Waals surface area contributed by atoms with Gasteiger partial charge in [-0.2, -0.15) is 0 Å². The van der Waals surface area contributed by atoms with Gasteiger partial charge in [0.25, 0.3) is 0 Å². The Kier molecular flexibility index (Phi) is 4.06. The molecule has 2 nitrogen and oxygen atoms in total. The second kappa shape index (κ2) is 5.75. The fourth-order valence-corrected chi connectivity index (χ4v) is 1.99. The molecule has 0 spiro atoms. The van der Waals surface area contributed by atoms with E-state index in [-0.39, 0.29) is 0 Å². The van der Waals surface area contributed by atoms with Gasteiger partial charge < -0.3 is 10.1 Å². The molecule has 1 aromatic carbocycles. The second-order valence-electron chi connectivity index (χ2n) is 4.70. The molecule has 2 rings (SSSR count). The maximum atomic E-state index is 5.50. The van der Waals surface area contributed by atoms with Gasteiger partial charge in [0.1, 0.15) is 12.4 Å². The Morgan fingerprint density at radius 3 is 2.94 bits per heavy atom. The molecule has 0 radical (unpaired) electrons. The number of hydrogen-bond donors (Lipinski definition) is 1. The molecule has 1 aromatic rings. The molecular formula is C15H19NO. The van der Waals surface area contributed by atoms with E-state index in [9.17, 15) is 0 Å². The van der Waals surface area contributed by atoms with E-state index in [4.69, 9.17) is 11.2 Å². The smallest absolute Gasteiger partial charge is 0.148 e. The number of terminal acetylenes is 1. The normalized spacial score (nSPS) is 21.9. The van der Waals surface area contributed by atoms with E-state index in [1.54, 1.807) is 0 Å². The lowest BCUT2D eigenvalue weighted by Crippen LogP contribution is -2.17. The average Bonchev–Trinajstić information content (AvgIpc) is 3.04. The highest BCUT2D eigenvalue weighted by molar-refractivity contribution is 5.33. The standard InChI is InChI=1S/C15H19NO/c1-3-8-17-15-7-5-4-6-13(15)10-16-11-14-9-12(14)2/h1,4-7,12,14,16H,8-11H2,2H3. The van der Waals surface area contributed by atoms with Crippen molar-refractivity contribution in [1.82, 2.24) is 5.32 Å². The maximum Gasteiger partial charge on any atom is 0.148 e. The molecule has 0 bridgehead atoms. The van der Waals surface area contributed by atoms with E-state index in [2.05, 4.69) is 24.2 Å². The Balaban J connectivity index is 1.83. The Morgan fingerprint density at radius 1 is 1.47 bits per heavy atom. The molecular weight excluding hydrogens is 210 g/mol. The number of rotatable bonds is 6. The lowest BCUT2D eigenvalue weighted by atomic mass is 10.2. The van der Waals surface area contributed by atoms with Crippen LogP contribution in [0.3, 0.4) is 0 Å². The van der Waals surface area contributed by atoms with Crippen LogP contribution in [-0.2, 0) is 6.54 Å². The molecule has 17 heavy (non-hydrogen) atoms. The Labute approximate surface area is 103 Å². The van der Waals surface area contributed by atoms with Crippen molar-refractivity contribution in [2.45, 2.75) is 19.9 Å². The first-order valence-electron chi connectivity index (χ1n) is 6.16. The van der Waals surface area contributed by atoms with Crippen LogP contribution in [0, 0.1) is 24.2 Å². The number of benzene rings is 1. The van der Waals surface area contributed by atoms with Gasteiger partial charge in [-0.1, -0.05) is 31.0 Å². The first kappa shape index (κ1) is 12.0. The van der Waals surface area contributed by atoms with Gasteiger partial charge in [0.15, 0.2) is 0 Å². The second-order valence-corrected chi connectivity index (χ2v) is 4.70. The molecule has 2 unspecified atom stereocenters. The van der Waals surface area contributed by atoms with Crippen LogP contribution in [0.15, 0.2) is 24.3 Å². The van der Waals surface area contributed by atoms with Crippen molar-refractivity contribution in [2.24, 2.45) is 11.8 Å². The van der Waals surface area contributed by atoms with Crippen molar-refractivity contribution in [1.29, 1.82) is 0 Å². The zero-order valence-electron chi connectivity index (χ0n) is 10.3. The van der Waals surface area contributed by atoms with E-state index < -0.39 is 0 Å². The summed E-state index contributed by atoms with van der Waals surface area (Å²) < 4.78 is 5.50. The third-order valence-electron chi connectivity index (χ3n) is 3.28. The van der Waals surface area contributed by atoms with Gasteiger partial charge in [0.2, 0.25) is 0 Å². The highest BCUT2D eigenvalue weighted by Crippen LogP contribution is 2.36. The van der Waals surface area contributed by atoms with Crippen LogP contribution < -0.4 is 10.1 Å². The minimum atomic E-state index is 0.330. The van der Waals surface area contributed by atoms with Crippen molar-refractivity contribution < 1.29 is 4.74 Å². The van der Waals surface area contributed by atoms with Crippen molar-refractivity contribution in [3.63, 3.8) is 0 Å². The molecule has 0 amide bonds. The van der Waals surface area contributed by atoms with Crippen LogP contribution in [0.5, 0.6) is 5.75 Å². The van der Waals surface area contributed by atoms with Crippen molar-refractivity contribution >= 4 is 0 Å². The summed E-state index contributed by atoms with van der Waals surface area (Å²) in [5.41, 5.74) is 1.18. The molecule has 1 saturated carbocycles. The molecule has 90 valence electrons. The summed E-state index contributed by atoms with van der Waals surface area (Å²) in [5, 5.41) is 3.48. The van der Waals surface area contributed by atoms with Crippen LogP contribution in [0.2, 0.25) is 0 Å². The number of hydrogen-bond acceptors (Lipinski definition) is 2. The van der Waals surface area contributed by atoms with Crippen LogP contribution >= 0.6 is 0 Å². The van der Waals surface area contributed by atoms with E-state index in [1.165, 1.54) is 12.0 Å². The number of para-hydroxylation sites is 1. The topological polar surface area (TPSA) is 21.3 Å². The molecule has 1 N–H and O–H groups in total. The van der Waals surface area contributed by atoms with Crippen molar-refractivity contribution in [3.05, 3.63) is 29.8 Å². The van der Waals surface area contributed by atoms with E-state index in [1.807, 2.05) is 18.2 Å². The first-order valence-corrected chi connectivity index (χ1v) is 6.16. The van der Waals surface area contributed by atoms with E-state index in [0.717, 1.165) is 30.7 Å². The molecule has 2 heteroatoms. The largest absolute Gasteiger partial charge is 0.481 e. The highest BCUT2D eigenvalue weighted by atomic mass is 16.5. The highest BCUT2D eigenvalue weighted by Gasteiger charge is 2.31. The first-order chi connectivity index (χ1) is 8.31. The molecule has 1 aliphatic rings. The van der Waals surface area contributed by atoms with Gasteiger partial charge in [-0.05, 0) is 30.9 Å². The van der Waals surface area contributed by atoms with Crippen LogP contribution in [0.1, 0.15) is 18.9 Å². The summed E-state index contributed by atoms with van der Waals surface area (Å²) in [6, 6.07) is 8.04. The SMILES string of the molecule is C#CCOc1ccccc1CNCC1CC1C. The fourth-order valence-electron chi connectivity index (χ4n) is 1.99. The summed E-state index contributed by atoms with van der Waals surface area (Å²) in [6.07, 6.45) is 6.56.